The van der Waals surface area contributed by atoms with Crippen LogP contribution in [0.25, 0.3) is 0 Å². The van der Waals surface area contributed by atoms with Gasteiger partial charge in [-0.2, -0.15) is 0 Å². The minimum absolute atomic E-state index is 0.197. The van der Waals surface area contributed by atoms with Gasteiger partial charge in [-0.15, -0.1) is 0 Å². The molecule has 0 aromatic heterocycles. The average Bonchev–Trinajstić information content (AvgIpc) is 2.85. The van der Waals surface area contributed by atoms with Gasteiger partial charge in [-0.3, -0.25) is 4.90 Å². The van der Waals surface area contributed by atoms with Crippen molar-refractivity contribution >= 4 is 10.0 Å². The molecular weight excluding hydrogens is 475 g/mol. The van der Waals surface area contributed by atoms with E-state index in [1.165, 1.54) is 38.5 Å². The van der Waals surface area contributed by atoms with Gasteiger partial charge in [0.1, 0.15) is 6.17 Å². The molecule has 5 aliphatic rings. The molecule has 3 aliphatic carbocycles. The maximum Gasteiger partial charge on any atom is 0.217 e. The number of hydrogen-bond donors (Lipinski definition) is 0. The van der Waals surface area contributed by atoms with Crippen LogP contribution in [0.1, 0.15) is 96.8 Å². The molecule has 0 aromatic carbocycles. The van der Waals surface area contributed by atoms with E-state index in [2.05, 4.69) is 11.8 Å². The summed E-state index contributed by atoms with van der Waals surface area (Å²) in [5.41, 5.74) is 0. The van der Waals surface area contributed by atoms with Crippen LogP contribution >= 0.6 is 0 Å². The Balaban J connectivity index is 1.28. The zero-order chi connectivity index (χ0) is 25.3. The van der Waals surface area contributed by atoms with E-state index in [0.717, 1.165) is 64.5 Å². The summed E-state index contributed by atoms with van der Waals surface area (Å²) in [6, 6.07) is 0.744. The highest BCUT2D eigenvalue weighted by Gasteiger charge is 2.53. The van der Waals surface area contributed by atoms with Crippen molar-refractivity contribution in [1.29, 1.82) is 0 Å². The van der Waals surface area contributed by atoms with Crippen LogP contribution in [0.15, 0.2) is 0 Å². The van der Waals surface area contributed by atoms with Crippen molar-refractivity contribution in [2.45, 2.75) is 120 Å². The number of halogens is 1. The van der Waals surface area contributed by atoms with Crippen LogP contribution in [0.4, 0.5) is 4.39 Å². The Labute approximate surface area is 219 Å². The molecule has 0 N–H and O–H groups in total. The molecule has 208 valence electrons. The molecule has 0 spiro atoms. The molecule has 2 aliphatic heterocycles. The molecule has 0 radical (unpaired) electrons. The molecular formula is C29H51FN2O3S. The summed E-state index contributed by atoms with van der Waals surface area (Å²) in [5, 5.41) is -0.197. The molecule has 36 heavy (non-hydrogen) atoms. The molecule has 0 amide bonds. The fourth-order valence-corrected chi connectivity index (χ4v) is 11.3. The zero-order valence-corrected chi connectivity index (χ0v) is 23.6. The van der Waals surface area contributed by atoms with Crippen LogP contribution in [0.5, 0.6) is 0 Å². The largest absolute Gasteiger partial charge is 0.383 e. The smallest absolute Gasteiger partial charge is 0.217 e. The first-order valence-corrected chi connectivity index (χ1v) is 16.8. The Hall–Kier alpha value is -0.240. The van der Waals surface area contributed by atoms with Gasteiger partial charge in [-0.1, -0.05) is 26.2 Å². The average molecular weight is 527 g/mol. The number of rotatable bonds is 6. The highest BCUT2D eigenvalue weighted by atomic mass is 32.2. The zero-order valence-electron chi connectivity index (χ0n) is 22.8. The highest BCUT2D eigenvalue weighted by molar-refractivity contribution is 7.89. The van der Waals surface area contributed by atoms with E-state index in [1.807, 2.05) is 11.4 Å². The molecule has 5 nitrogen and oxygen atoms in total. The maximum atomic E-state index is 14.1. The number of alkyl halides is 1. The lowest BCUT2D eigenvalue weighted by Gasteiger charge is -2.60. The molecule has 7 atom stereocenters. The van der Waals surface area contributed by atoms with Crippen LogP contribution in [0, 0.1) is 29.6 Å². The van der Waals surface area contributed by atoms with Gasteiger partial charge < -0.3 is 4.74 Å². The summed E-state index contributed by atoms with van der Waals surface area (Å²) >= 11 is 0. The molecule has 0 bridgehead atoms. The monoisotopic (exact) mass is 526 g/mol. The van der Waals surface area contributed by atoms with Crippen molar-refractivity contribution in [3.05, 3.63) is 0 Å². The van der Waals surface area contributed by atoms with Gasteiger partial charge in [0.2, 0.25) is 10.0 Å². The predicted molar refractivity (Wildman–Crippen MR) is 143 cm³/mol. The first-order valence-electron chi connectivity index (χ1n) is 15.3. The standard InChI is InChI=1S/C29H51FN2O3S/c1-21-8-3-4-11-28(21)36(33,34)31-16-5-6-17-32-26(19-31)29(27(32)20-35-2)23-14-12-22(13-15-23)24-9-7-10-25(30)18-24/h21-29H,3-20H2,1-2H3/t21?,22?,23?,24?,25?,26?,27-,28?,29+/m1/s1. The van der Waals surface area contributed by atoms with Crippen LogP contribution in [-0.2, 0) is 14.8 Å². The maximum absolute atomic E-state index is 14.1. The summed E-state index contributed by atoms with van der Waals surface area (Å²) in [5.74, 6) is 2.71. The van der Waals surface area contributed by atoms with Gasteiger partial charge in [0, 0.05) is 32.3 Å². The van der Waals surface area contributed by atoms with Crippen molar-refractivity contribution in [2.75, 3.05) is 33.4 Å². The van der Waals surface area contributed by atoms with Crippen molar-refractivity contribution in [3.8, 4) is 0 Å². The summed E-state index contributed by atoms with van der Waals surface area (Å²) < 4.78 is 49.4. The first-order chi connectivity index (χ1) is 17.4. The molecule has 2 saturated heterocycles. The van der Waals surface area contributed by atoms with E-state index in [4.69, 9.17) is 4.74 Å². The van der Waals surface area contributed by atoms with E-state index in [9.17, 15) is 12.8 Å². The van der Waals surface area contributed by atoms with Crippen molar-refractivity contribution in [1.82, 2.24) is 9.21 Å². The molecule has 3 saturated carbocycles. The summed E-state index contributed by atoms with van der Waals surface area (Å²) in [6.45, 7) is 5.32. The minimum Gasteiger partial charge on any atom is -0.383 e. The third kappa shape index (κ3) is 5.56. The van der Waals surface area contributed by atoms with Crippen LogP contribution in [0.3, 0.4) is 0 Å². The quantitative estimate of drug-likeness (QED) is 0.449. The van der Waals surface area contributed by atoms with E-state index in [0.29, 0.717) is 48.8 Å². The number of hydrogen-bond acceptors (Lipinski definition) is 4. The number of methoxy groups -OCH3 is 1. The van der Waals surface area contributed by atoms with E-state index in [-0.39, 0.29) is 11.2 Å². The van der Waals surface area contributed by atoms with Crippen LogP contribution in [-0.4, -0.2) is 74.5 Å². The number of fused-ring (bicyclic) bond motifs is 1. The molecule has 0 aromatic rings. The molecule has 5 unspecified atom stereocenters. The Kier molecular flexibility index (Phi) is 9.02. The lowest BCUT2D eigenvalue weighted by atomic mass is 9.63. The SMILES string of the molecule is COC[C@@H]1[C@@H](C2CCC(C3CCCC(F)C3)CC2)C2CN(S(=O)(=O)C3CCCCC3C)CCCCN21. The fourth-order valence-electron chi connectivity index (χ4n) is 9.03. The Morgan fingerprint density at radius 1 is 0.833 bits per heavy atom. The van der Waals surface area contributed by atoms with Crippen molar-refractivity contribution in [2.24, 2.45) is 29.6 Å². The van der Waals surface area contributed by atoms with E-state index < -0.39 is 16.2 Å². The van der Waals surface area contributed by atoms with Gasteiger partial charge in [-0.25, -0.2) is 17.1 Å². The Morgan fingerprint density at radius 3 is 2.28 bits per heavy atom. The number of nitrogens with zero attached hydrogens (tertiary/aromatic N) is 2. The Bertz CT molecular complexity index is 817. The van der Waals surface area contributed by atoms with Gasteiger partial charge in [-0.05, 0) is 107 Å². The number of sulfonamides is 1. The van der Waals surface area contributed by atoms with Crippen LogP contribution in [0.2, 0.25) is 0 Å². The predicted octanol–water partition coefficient (Wildman–Crippen LogP) is 5.64. The van der Waals surface area contributed by atoms with Gasteiger partial charge in [0.05, 0.1) is 11.9 Å². The lowest BCUT2D eigenvalue weighted by molar-refractivity contribution is -0.128. The first kappa shape index (κ1) is 27.3. The number of ether oxygens (including phenoxy) is 1. The molecule has 7 heteroatoms. The topological polar surface area (TPSA) is 49.9 Å². The third-order valence-electron chi connectivity index (χ3n) is 11.0. The summed E-state index contributed by atoms with van der Waals surface area (Å²) in [4.78, 5) is 2.60. The summed E-state index contributed by atoms with van der Waals surface area (Å²) in [7, 11) is -1.46. The van der Waals surface area contributed by atoms with Gasteiger partial charge in [0.15, 0.2) is 0 Å². The van der Waals surface area contributed by atoms with Crippen molar-refractivity contribution in [3.63, 3.8) is 0 Å². The normalized spacial score (nSPS) is 43.7. The van der Waals surface area contributed by atoms with E-state index in [1.54, 1.807) is 0 Å². The Morgan fingerprint density at radius 2 is 1.56 bits per heavy atom. The van der Waals surface area contributed by atoms with Crippen LogP contribution < -0.4 is 0 Å². The van der Waals surface area contributed by atoms with Gasteiger partial charge in [0.25, 0.3) is 0 Å². The molecule has 5 rings (SSSR count). The minimum atomic E-state index is -3.27. The second-order valence-corrected chi connectivity index (χ2v) is 15.2. The van der Waals surface area contributed by atoms with E-state index >= 15 is 0 Å². The second-order valence-electron chi connectivity index (χ2n) is 13.0. The summed E-state index contributed by atoms with van der Waals surface area (Å²) in [6.07, 6.45) is 14.2. The second kappa shape index (κ2) is 11.9. The lowest BCUT2D eigenvalue weighted by Crippen LogP contribution is -2.71. The highest BCUT2D eigenvalue weighted by Crippen LogP contribution is 2.49. The fraction of sp³-hybridized carbons (Fsp3) is 1.00. The third-order valence-corrected chi connectivity index (χ3v) is 13.5. The molecule has 5 fully saturated rings. The van der Waals surface area contributed by atoms with Gasteiger partial charge >= 0.3 is 0 Å². The van der Waals surface area contributed by atoms with Crippen molar-refractivity contribution < 1.29 is 17.5 Å². The molecule has 2 heterocycles.